The molecule has 146 valence electrons. The van der Waals surface area contributed by atoms with E-state index in [1.807, 2.05) is 58.5 Å². The molecule has 0 bridgehead atoms. The SMILES string of the molecule is CC[C@@H](C(=O)N1CCCn2nc(C)cc2C1)n1cc(C(C)=O)c2ccccc21. The van der Waals surface area contributed by atoms with Crippen LogP contribution in [0.1, 0.15) is 54.5 Å². The fourth-order valence-corrected chi connectivity index (χ4v) is 4.24. The number of fused-ring (bicyclic) bond motifs is 2. The molecule has 6 heteroatoms. The van der Waals surface area contributed by atoms with E-state index in [9.17, 15) is 9.59 Å². The maximum absolute atomic E-state index is 13.5. The summed E-state index contributed by atoms with van der Waals surface area (Å²) in [7, 11) is 0. The molecule has 0 saturated heterocycles. The van der Waals surface area contributed by atoms with Gasteiger partial charge in [0.15, 0.2) is 5.78 Å². The first-order valence-corrected chi connectivity index (χ1v) is 9.92. The number of para-hydroxylation sites is 1. The van der Waals surface area contributed by atoms with Crippen LogP contribution in [0.4, 0.5) is 0 Å². The molecule has 1 atom stereocenters. The highest BCUT2D eigenvalue weighted by Crippen LogP contribution is 2.28. The normalized spacial score (nSPS) is 15.3. The molecule has 1 aromatic carbocycles. The minimum absolute atomic E-state index is 0.0198. The summed E-state index contributed by atoms with van der Waals surface area (Å²) in [5.41, 5.74) is 3.67. The van der Waals surface area contributed by atoms with Crippen LogP contribution in [0.15, 0.2) is 36.5 Å². The summed E-state index contributed by atoms with van der Waals surface area (Å²) in [6.45, 7) is 7.72. The maximum Gasteiger partial charge on any atom is 0.245 e. The van der Waals surface area contributed by atoms with Crippen molar-refractivity contribution in [2.45, 2.75) is 52.7 Å². The highest BCUT2D eigenvalue weighted by molar-refractivity contribution is 6.07. The predicted molar refractivity (Wildman–Crippen MR) is 108 cm³/mol. The van der Waals surface area contributed by atoms with Gasteiger partial charge in [0, 0.05) is 35.8 Å². The summed E-state index contributed by atoms with van der Waals surface area (Å²) in [4.78, 5) is 27.6. The summed E-state index contributed by atoms with van der Waals surface area (Å²) >= 11 is 0. The number of nitrogens with zero attached hydrogens (tertiary/aromatic N) is 4. The lowest BCUT2D eigenvalue weighted by molar-refractivity contribution is -0.135. The Balaban J connectivity index is 1.70. The van der Waals surface area contributed by atoms with Gasteiger partial charge in [-0.2, -0.15) is 5.10 Å². The van der Waals surface area contributed by atoms with Crippen molar-refractivity contribution in [2.75, 3.05) is 6.54 Å². The number of aryl methyl sites for hydroxylation is 2. The van der Waals surface area contributed by atoms with E-state index >= 15 is 0 Å². The monoisotopic (exact) mass is 378 g/mol. The van der Waals surface area contributed by atoms with Gasteiger partial charge < -0.3 is 9.47 Å². The molecule has 0 N–H and O–H groups in total. The quantitative estimate of drug-likeness (QED) is 0.650. The van der Waals surface area contributed by atoms with Gasteiger partial charge >= 0.3 is 0 Å². The van der Waals surface area contributed by atoms with Gasteiger partial charge in [0.2, 0.25) is 5.91 Å². The number of hydrogen-bond acceptors (Lipinski definition) is 3. The largest absolute Gasteiger partial charge is 0.335 e. The molecule has 6 nitrogen and oxygen atoms in total. The molecule has 0 unspecified atom stereocenters. The zero-order valence-electron chi connectivity index (χ0n) is 16.7. The number of benzene rings is 1. The van der Waals surface area contributed by atoms with Crippen LogP contribution in [0.5, 0.6) is 0 Å². The van der Waals surface area contributed by atoms with Gasteiger partial charge in [0.05, 0.1) is 17.9 Å². The molecular weight excluding hydrogens is 352 g/mol. The van der Waals surface area contributed by atoms with Crippen molar-refractivity contribution in [3.8, 4) is 0 Å². The topological polar surface area (TPSA) is 60.1 Å². The van der Waals surface area contributed by atoms with Gasteiger partial charge in [-0.15, -0.1) is 0 Å². The highest BCUT2D eigenvalue weighted by Gasteiger charge is 2.28. The molecule has 4 rings (SSSR count). The van der Waals surface area contributed by atoms with Crippen LogP contribution in [0, 0.1) is 6.92 Å². The number of hydrogen-bond donors (Lipinski definition) is 0. The number of carbonyl (C=O) groups excluding carboxylic acids is 2. The molecule has 3 aromatic rings. The van der Waals surface area contributed by atoms with Crippen molar-refractivity contribution in [1.29, 1.82) is 0 Å². The Bertz CT molecular complexity index is 1050. The number of aromatic nitrogens is 3. The van der Waals surface area contributed by atoms with E-state index < -0.39 is 0 Å². The first kappa shape index (κ1) is 18.5. The molecule has 1 aliphatic heterocycles. The number of carbonyl (C=O) groups is 2. The summed E-state index contributed by atoms with van der Waals surface area (Å²) in [5, 5.41) is 5.44. The standard InChI is InChI=1S/C22H26N4O2/c1-4-20(25-14-19(16(3)27)18-8-5-6-9-21(18)25)22(28)24-10-7-11-26-17(13-24)12-15(2)23-26/h5-6,8-9,12,14,20H,4,7,10-11,13H2,1-3H3/t20-/m0/s1. The van der Waals surface area contributed by atoms with E-state index in [1.54, 1.807) is 6.92 Å². The molecule has 2 aromatic heterocycles. The third kappa shape index (κ3) is 3.13. The van der Waals surface area contributed by atoms with Crippen molar-refractivity contribution in [2.24, 2.45) is 0 Å². The second-order valence-corrected chi connectivity index (χ2v) is 7.56. The average molecular weight is 378 g/mol. The molecule has 1 aliphatic rings. The number of rotatable bonds is 4. The van der Waals surface area contributed by atoms with E-state index in [2.05, 4.69) is 11.2 Å². The molecular formula is C22H26N4O2. The molecule has 0 aliphatic carbocycles. The summed E-state index contributed by atoms with van der Waals surface area (Å²) in [6, 6.07) is 9.55. The van der Waals surface area contributed by atoms with Gasteiger partial charge in [0.25, 0.3) is 0 Å². The van der Waals surface area contributed by atoms with Crippen LogP contribution in [0.25, 0.3) is 10.9 Å². The third-order valence-corrected chi connectivity index (χ3v) is 5.58. The van der Waals surface area contributed by atoms with E-state index in [1.165, 1.54) is 0 Å². The maximum atomic E-state index is 13.5. The van der Waals surface area contributed by atoms with E-state index in [0.717, 1.165) is 41.8 Å². The Labute approximate surface area is 164 Å². The van der Waals surface area contributed by atoms with Crippen molar-refractivity contribution < 1.29 is 9.59 Å². The molecule has 28 heavy (non-hydrogen) atoms. The Morgan fingerprint density at radius 1 is 1.21 bits per heavy atom. The van der Waals surface area contributed by atoms with Crippen LogP contribution in [-0.2, 0) is 17.9 Å². The second kappa shape index (κ2) is 7.26. The highest BCUT2D eigenvalue weighted by atomic mass is 16.2. The van der Waals surface area contributed by atoms with Gasteiger partial charge in [-0.05, 0) is 38.8 Å². The second-order valence-electron chi connectivity index (χ2n) is 7.56. The molecule has 0 radical (unpaired) electrons. The minimum atomic E-state index is -0.325. The lowest BCUT2D eigenvalue weighted by Gasteiger charge is -2.26. The van der Waals surface area contributed by atoms with Crippen LogP contribution in [0.3, 0.4) is 0 Å². The zero-order chi connectivity index (χ0) is 19.8. The van der Waals surface area contributed by atoms with Crippen molar-refractivity contribution in [1.82, 2.24) is 19.2 Å². The smallest absolute Gasteiger partial charge is 0.245 e. The van der Waals surface area contributed by atoms with Gasteiger partial charge in [-0.1, -0.05) is 25.1 Å². The molecule has 3 heterocycles. The minimum Gasteiger partial charge on any atom is -0.335 e. The zero-order valence-corrected chi connectivity index (χ0v) is 16.7. The van der Waals surface area contributed by atoms with E-state index in [4.69, 9.17) is 0 Å². The Hall–Kier alpha value is -2.89. The third-order valence-electron chi connectivity index (χ3n) is 5.58. The molecule has 0 spiro atoms. The van der Waals surface area contributed by atoms with Gasteiger partial charge in [0.1, 0.15) is 6.04 Å². The lowest BCUT2D eigenvalue weighted by Crippen LogP contribution is -2.36. The van der Waals surface area contributed by atoms with Gasteiger partial charge in [-0.25, -0.2) is 0 Å². The molecule has 1 amide bonds. The first-order chi connectivity index (χ1) is 13.5. The van der Waals surface area contributed by atoms with E-state index in [0.29, 0.717) is 18.5 Å². The first-order valence-electron chi connectivity index (χ1n) is 9.92. The van der Waals surface area contributed by atoms with Gasteiger partial charge in [-0.3, -0.25) is 14.3 Å². The van der Waals surface area contributed by atoms with E-state index in [-0.39, 0.29) is 17.7 Å². The van der Waals surface area contributed by atoms with Crippen LogP contribution in [-0.4, -0.2) is 37.5 Å². The number of amides is 1. The van der Waals surface area contributed by atoms with Crippen molar-refractivity contribution >= 4 is 22.6 Å². The Morgan fingerprint density at radius 3 is 2.75 bits per heavy atom. The number of Topliss-reactive ketones (excluding diaryl/α,β-unsaturated/α-hetero) is 1. The summed E-state index contributed by atoms with van der Waals surface area (Å²) in [5.74, 6) is 0.122. The number of ketones is 1. The van der Waals surface area contributed by atoms with Crippen LogP contribution < -0.4 is 0 Å². The average Bonchev–Trinajstić information content (AvgIpc) is 3.16. The lowest BCUT2D eigenvalue weighted by atomic mass is 10.1. The summed E-state index contributed by atoms with van der Waals surface area (Å²) in [6.07, 6.45) is 3.41. The molecule has 0 fully saturated rings. The van der Waals surface area contributed by atoms with Crippen LogP contribution >= 0.6 is 0 Å². The fraction of sp³-hybridized carbons (Fsp3) is 0.409. The summed E-state index contributed by atoms with van der Waals surface area (Å²) < 4.78 is 4.00. The van der Waals surface area contributed by atoms with Crippen molar-refractivity contribution in [3.05, 3.63) is 53.5 Å². The Kier molecular flexibility index (Phi) is 4.79. The van der Waals surface area contributed by atoms with Crippen LogP contribution in [0.2, 0.25) is 0 Å². The Morgan fingerprint density at radius 2 is 2.00 bits per heavy atom. The van der Waals surface area contributed by atoms with Crippen molar-refractivity contribution in [3.63, 3.8) is 0 Å². The fourth-order valence-electron chi connectivity index (χ4n) is 4.24. The predicted octanol–water partition coefficient (Wildman–Crippen LogP) is 3.73. The molecule has 0 saturated carbocycles.